The molecule has 0 saturated heterocycles. The van der Waals surface area contributed by atoms with E-state index >= 15 is 0 Å². The van der Waals surface area contributed by atoms with Gasteiger partial charge in [0, 0.05) is 18.3 Å². The lowest BCUT2D eigenvalue weighted by atomic mass is 10.2. The molecule has 0 saturated carbocycles. The highest BCUT2D eigenvalue weighted by molar-refractivity contribution is 5.97. The highest BCUT2D eigenvalue weighted by atomic mass is 19.2. The van der Waals surface area contributed by atoms with Gasteiger partial charge in [0.2, 0.25) is 5.91 Å². The molecule has 2 atom stereocenters. The van der Waals surface area contributed by atoms with Crippen molar-refractivity contribution in [3.05, 3.63) is 60.2 Å². The minimum atomic E-state index is -1.06. The van der Waals surface area contributed by atoms with E-state index in [0.717, 1.165) is 12.1 Å². The maximum atomic E-state index is 13.3. The third kappa shape index (κ3) is 5.52. The molecule has 7 heteroatoms. The summed E-state index contributed by atoms with van der Waals surface area (Å²) in [6.45, 7) is 5.39. The number of hydrogen-bond donors (Lipinski definition) is 1. The Morgan fingerprint density at radius 2 is 1.75 bits per heavy atom. The normalized spacial score (nSPS) is 12.8. The molecule has 0 aliphatic rings. The molecule has 0 aliphatic carbocycles. The number of para-hydroxylation sites is 1. The van der Waals surface area contributed by atoms with Gasteiger partial charge >= 0.3 is 0 Å². The fourth-order valence-electron chi connectivity index (χ4n) is 2.68. The van der Waals surface area contributed by atoms with Gasteiger partial charge in [0.15, 0.2) is 17.7 Å². The van der Waals surface area contributed by atoms with E-state index in [4.69, 9.17) is 4.74 Å². The number of rotatable bonds is 8. The van der Waals surface area contributed by atoms with Crippen LogP contribution in [0.4, 0.5) is 14.5 Å². The zero-order chi connectivity index (χ0) is 20.7. The molecule has 0 heterocycles. The monoisotopic (exact) mass is 390 g/mol. The first-order valence-corrected chi connectivity index (χ1v) is 9.11. The predicted molar refractivity (Wildman–Crippen MR) is 103 cm³/mol. The SMILES string of the molecule is CCCN(C(=O)C(C)Oc1ccc(F)c(F)c1)C(C)C(=O)Nc1ccccc1. The minimum absolute atomic E-state index is 0.0394. The molecule has 0 spiro atoms. The van der Waals surface area contributed by atoms with E-state index in [0.29, 0.717) is 18.7 Å². The molecule has 2 aromatic rings. The molecular weight excluding hydrogens is 366 g/mol. The Labute approximate surface area is 163 Å². The van der Waals surface area contributed by atoms with E-state index in [-0.39, 0.29) is 11.7 Å². The first kappa shape index (κ1) is 21.3. The largest absolute Gasteiger partial charge is 0.481 e. The summed E-state index contributed by atoms with van der Waals surface area (Å²) in [5, 5.41) is 2.77. The quantitative estimate of drug-likeness (QED) is 0.741. The molecular formula is C21H24F2N2O3. The van der Waals surface area contributed by atoms with E-state index in [9.17, 15) is 18.4 Å². The Kier molecular flexibility index (Phi) is 7.49. The number of amides is 2. The van der Waals surface area contributed by atoms with Crippen LogP contribution in [-0.2, 0) is 9.59 Å². The van der Waals surface area contributed by atoms with Gasteiger partial charge in [-0.1, -0.05) is 25.1 Å². The number of hydrogen-bond acceptors (Lipinski definition) is 3. The number of benzene rings is 2. The summed E-state index contributed by atoms with van der Waals surface area (Å²) in [5.74, 6) is -2.75. The summed E-state index contributed by atoms with van der Waals surface area (Å²) in [7, 11) is 0. The average molecular weight is 390 g/mol. The van der Waals surface area contributed by atoms with Crippen LogP contribution in [0.2, 0.25) is 0 Å². The summed E-state index contributed by atoms with van der Waals surface area (Å²) in [5.41, 5.74) is 0.634. The molecule has 1 N–H and O–H groups in total. The van der Waals surface area contributed by atoms with Crippen molar-refractivity contribution in [2.75, 3.05) is 11.9 Å². The van der Waals surface area contributed by atoms with Crippen molar-refractivity contribution >= 4 is 17.5 Å². The molecule has 0 aromatic heterocycles. The molecule has 0 bridgehead atoms. The van der Waals surface area contributed by atoms with Gasteiger partial charge in [-0.2, -0.15) is 0 Å². The summed E-state index contributed by atoms with van der Waals surface area (Å²) in [6, 6.07) is 11.3. The van der Waals surface area contributed by atoms with Crippen LogP contribution in [0.1, 0.15) is 27.2 Å². The highest BCUT2D eigenvalue weighted by Crippen LogP contribution is 2.18. The van der Waals surface area contributed by atoms with Crippen LogP contribution in [-0.4, -0.2) is 35.4 Å². The molecule has 150 valence electrons. The van der Waals surface area contributed by atoms with Gasteiger partial charge in [-0.3, -0.25) is 9.59 Å². The zero-order valence-electron chi connectivity index (χ0n) is 16.1. The van der Waals surface area contributed by atoms with Crippen LogP contribution in [0, 0.1) is 11.6 Å². The summed E-state index contributed by atoms with van der Waals surface area (Å²) >= 11 is 0. The standard InChI is InChI=1S/C21H24F2N2O3/c1-4-12-25(14(2)20(26)24-16-8-6-5-7-9-16)21(27)15(3)28-17-10-11-18(22)19(23)13-17/h5-11,13-15H,4,12H2,1-3H3,(H,24,26). The fourth-order valence-corrected chi connectivity index (χ4v) is 2.68. The van der Waals surface area contributed by atoms with Crippen molar-refractivity contribution < 1.29 is 23.1 Å². The average Bonchev–Trinajstić information content (AvgIpc) is 2.68. The van der Waals surface area contributed by atoms with Gasteiger partial charge in [0.05, 0.1) is 0 Å². The van der Waals surface area contributed by atoms with E-state index in [1.54, 1.807) is 31.2 Å². The van der Waals surface area contributed by atoms with Crippen LogP contribution in [0.5, 0.6) is 5.75 Å². The zero-order valence-corrected chi connectivity index (χ0v) is 16.1. The molecule has 2 aromatic carbocycles. The first-order chi connectivity index (χ1) is 13.3. The molecule has 2 rings (SSSR count). The number of carbonyl (C=O) groups excluding carboxylic acids is 2. The Balaban J connectivity index is 2.08. The second-order valence-corrected chi connectivity index (χ2v) is 6.40. The Morgan fingerprint density at radius 3 is 2.36 bits per heavy atom. The highest BCUT2D eigenvalue weighted by Gasteiger charge is 2.29. The van der Waals surface area contributed by atoms with Crippen LogP contribution >= 0.6 is 0 Å². The van der Waals surface area contributed by atoms with E-state index in [2.05, 4.69) is 5.32 Å². The number of ether oxygens (including phenoxy) is 1. The van der Waals surface area contributed by atoms with Gasteiger partial charge in [0.1, 0.15) is 11.8 Å². The summed E-state index contributed by atoms with van der Waals surface area (Å²) in [6.07, 6.45) is -0.324. The lowest BCUT2D eigenvalue weighted by molar-refractivity contribution is -0.143. The molecule has 2 amide bonds. The molecule has 28 heavy (non-hydrogen) atoms. The van der Waals surface area contributed by atoms with Crippen LogP contribution in [0.15, 0.2) is 48.5 Å². The molecule has 0 fully saturated rings. The van der Waals surface area contributed by atoms with Crippen LogP contribution in [0.25, 0.3) is 0 Å². The minimum Gasteiger partial charge on any atom is -0.481 e. The van der Waals surface area contributed by atoms with Gasteiger partial charge < -0.3 is 15.0 Å². The van der Waals surface area contributed by atoms with Gasteiger partial charge in [-0.15, -0.1) is 0 Å². The van der Waals surface area contributed by atoms with Crippen molar-refractivity contribution in [2.45, 2.75) is 39.3 Å². The van der Waals surface area contributed by atoms with E-state index in [1.807, 2.05) is 13.0 Å². The topological polar surface area (TPSA) is 58.6 Å². The number of anilines is 1. The third-order valence-electron chi connectivity index (χ3n) is 4.19. The van der Waals surface area contributed by atoms with Gasteiger partial charge in [-0.25, -0.2) is 8.78 Å². The molecule has 0 aliphatic heterocycles. The lowest BCUT2D eigenvalue weighted by Crippen LogP contribution is -2.50. The predicted octanol–water partition coefficient (Wildman–Crippen LogP) is 4.00. The second-order valence-electron chi connectivity index (χ2n) is 6.40. The van der Waals surface area contributed by atoms with Crippen molar-refractivity contribution in [2.24, 2.45) is 0 Å². The van der Waals surface area contributed by atoms with Crippen molar-refractivity contribution in [3.63, 3.8) is 0 Å². The number of nitrogens with zero attached hydrogens (tertiary/aromatic N) is 1. The molecule has 5 nitrogen and oxygen atoms in total. The van der Waals surface area contributed by atoms with Crippen molar-refractivity contribution in [1.82, 2.24) is 4.90 Å². The third-order valence-corrected chi connectivity index (χ3v) is 4.19. The number of halogens is 2. The van der Waals surface area contributed by atoms with Crippen molar-refractivity contribution in [1.29, 1.82) is 0 Å². The van der Waals surface area contributed by atoms with Crippen molar-refractivity contribution in [3.8, 4) is 5.75 Å². The van der Waals surface area contributed by atoms with Crippen LogP contribution < -0.4 is 10.1 Å². The maximum absolute atomic E-state index is 13.3. The molecule has 2 unspecified atom stereocenters. The number of carbonyl (C=O) groups is 2. The molecule has 0 radical (unpaired) electrons. The summed E-state index contributed by atoms with van der Waals surface area (Å²) < 4.78 is 31.9. The Bertz CT molecular complexity index is 815. The van der Waals surface area contributed by atoms with E-state index in [1.165, 1.54) is 17.9 Å². The lowest BCUT2D eigenvalue weighted by Gasteiger charge is -2.30. The van der Waals surface area contributed by atoms with Crippen LogP contribution in [0.3, 0.4) is 0 Å². The first-order valence-electron chi connectivity index (χ1n) is 9.11. The Hall–Kier alpha value is -2.96. The van der Waals surface area contributed by atoms with Gasteiger partial charge in [-0.05, 0) is 44.5 Å². The Morgan fingerprint density at radius 1 is 1.07 bits per heavy atom. The second kappa shape index (κ2) is 9.82. The number of nitrogens with one attached hydrogen (secondary N) is 1. The smallest absolute Gasteiger partial charge is 0.264 e. The van der Waals surface area contributed by atoms with E-state index < -0.39 is 29.7 Å². The van der Waals surface area contributed by atoms with Gasteiger partial charge in [0.25, 0.3) is 5.91 Å². The maximum Gasteiger partial charge on any atom is 0.264 e. The summed E-state index contributed by atoms with van der Waals surface area (Å²) in [4.78, 5) is 26.8. The fraction of sp³-hybridized carbons (Fsp3) is 0.333.